The number of carbonyl (C=O) groups is 3. The van der Waals surface area contributed by atoms with Gasteiger partial charge in [-0.1, -0.05) is 314 Å². The van der Waals surface area contributed by atoms with Crippen molar-refractivity contribution in [1.29, 1.82) is 0 Å². The molecule has 428 valence electrons. The van der Waals surface area contributed by atoms with Gasteiger partial charge in [0.1, 0.15) is 13.2 Å². The predicted octanol–water partition coefficient (Wildman–Crippen LogP) is 22.0. The van der Waals surface area contributed by atoms with Gasteiger partial charge in [0.2, 0.25) is 0 Å². The van der Waals surface area contributed by atoms with Gasteiger partial charge in [-0.3, -0.25) is 14.4 Å². The van der Waals surface area contributed by atoms with Gasteiger partial charge in [0.15, 0.2) is 6.10 Å². The van der Waals surface area contributed by atoms with Crippen LogP contribution in [0.25, 0.3) is 0 Å². The van der Waals surface area contributed by atoms with Crippen molar-refractivity contribution in [3.05, 3.63) is 36.5 Å². The summed E-state index contributed by atoms with van der Waals surface area (Å²) < 4.78 is 16.8. The lowest BCUT2D eigenvalue weighted by atomic mass is 10.0. The van der Waals surface area contributed by atoms with Gasteiger partial charge in [-0.05, 0) is 57.8 Å². The molecule has 0 rings (SSSR count). The molecule has 0 aliphatic rings. The van der Waals surface area contributed by atoms with Gasteiger partial charge in [0.25, 0.3) is 0 Å². The zero-order valence-corrected chi connectivity index (χ0v) is 49.2. The van der Waals surface area contributed by atoms with Crippen LogP contribution in [-0.4, -0.2) is 37.2 Å². The van der Waals surface area contributed by atoms with Gasteiger partial charge in [0, 0.05) is 19.3 Å². The van der Waals surface area contributed by atoms with Crippen molar-refractivity contribution in [1.82, 2.24) is 0 Å². The molecule has 0 heterocycles. The smallest absolute Gasteiger partial charge is 0.306 e. The zero-order valence-electron chi connectivity index (χ0n) is 49.2. The van der Waals surface area contributed by atoms with E-state index in [1.54, 1.807) is 0 Å². The fourth-order valence-corrected chi connectivity index (χ4v) is 9.75. The average Bonchev–Trinajstić information content (AvgIpc) is 3.39. The fourth-order valence-electron chi connectivity index (χ4n) is 9.75. The van der Waals surface area contributed by atoms with Crippen LogP contribution in [0.5, 0.6) is 0 Å². The van der Waals surface area contributed by atoms with E-state index in [4.69, 9.17) is 14.2 Å². The molecule has 1 atom stereocenters. The maximum atomic E-state index is 12.8. The summed E-state index contributed by atoms with van der Waals surface area (Å²) in [5.74, 6) is -0.855. The molecule has 6 nitrogen and oxygen atoms in total. The van der Waals surface area contributed by atoms with Crippen LogP contribution in [-0.2, 0) is 28.6 Å². The first-order valence-electron chi connectivity index (χ1n) is 32.5. The lowest BCUT2D eigenvalue weighted by Gasteiger charge is -2.18. The van der Waals surface area contributed by atoms with Crippen molar-refractivity contribution in [2.75, 3.05) is 13.2 Å². The number of esters is 3. The highest BCUT2D eigenvalue weighted by atomic mass is 16.6. The van der Waals surface area contributed by atoms with Gasteiger partial charge in [-0.15, -0.1) is 0 Å². The summed E-state index contributed by atoms with van der Waals surface area (Å²) >= 11 is 0. The van der Waals surface area contributed by atoms with Crippen LogP contribution in [0.1, 0.15) is 355 Å². The molecule has 0 amide bonds. The normalized spacial score (nSPS) is 12.2. The molecule has 1 unspecified atom stereocenters. The van der Waals surface area contributed by atoms with Crippen molar-refractivity contribution < 1.29 is 28.6 Å². The maximum Gasteiger partial charge on any atom is 0.306 e. The lowest BCUT2D eigenvalue weighted by molar-refractivity contribution is -0.167. The van der Waals surface area contributed by atoms with E-state index >= 15 is 0 Å². The Hall–Kier alpha value is -2.37. The molecule has 0 fully saturated rings. The molecular weight excluding hydrogens is 901 g/mol. The minimum absolute atomic E-state index is 0.0674. The summed E-state index contributed by atoms with van der Waals surface area (Å²) in [6.07, 6.45) is 76.2. The lowest BCUT2D eigenvalue weighted by Crippen LogP contribution is -2.30. The van der Waals surface area contributed by atoms with E-state index in [1.807, 2.05) is 0 Å². The molecule has 0 bridgehead atoms. The minimum Gasteiger partial charge on any atom is -0.462 e. The largest absolute Gasteiger partial charge is 0.462 e. The van der Waals surface area contributed by atoms with Crippen LogP contribution in [0.4, 0.5) is 0 Å². The molecular formula is C67H124O6. The van der Waals surface area contributed by atoms with Gasteiger partial charge in [0.05, 0.1) is 0 Å². The van der Waals surface area contributed by atoms with E-state index in [0.717, 1.165) is 70.6 Å². The first-order valence-corrected chi connectivity index (χ1v) is 32.5. The number of hydrogen-bond donors (Lipinski definition) is 0. The Morgan fingerprint density at radius 1 is 0.274 bits per heavy atom. The quantitative estimate of drug-likeness (QED) is 0.0261. The van der Waals surface area contributed by atoms with Crippen LogP contribution >= 0.6 is 0 Å². The number of allylic oxidation sites excluding steroid dienone is 6. The molecule has 0 aromatic heterocycles. The van der Waals surface area contributed by atoms with Crippen molar-refractivity contribution in [2.24, 2.45) is 0 Å². The molecule has 0 radical (unpaired) electrons. The topological polar surface area (TPSA) is 78.9 Å². The van der Waals surface area contributed by atoms with Crippen LogP contribution in [0, 0.1) is 0 Å². The average molecular weight is 1030 g/mol. The third-order valence-electron chi connectivity index (χ3n) is 14.6. The summed E-state index contributed by atoms with van der Waals surface area (Å²) in [4.78, 5) is 38.0. The molecule has 0 aromatic rings. The highest BCUT2D eigenvalue weighted by Gasteiger charge is 2.19. The number of unbranched alkanes of at least 4 members (excludes halogenated alkanes) is 43. The summed E-state index contributed by atoms with van der Waals surface area (Å²) in [6.45, 7) is 6.63. The Labute approximate surface area is 455 Å². The van der Waals surface area contributed by atoms with Crippen LogP contribution in [0.2, 0.25) is 0 Å². The number of rotatable bonds is 60. The second kappa shape index (κ2) is 62.2. The highest BCUT2D eigenvalue weighted by molar-refractivity contribution is 5.71. The Balaban J connectivity index is 4.01. The van der Waals surface area contributed by atoms with Crippen LogP contribution in [0.15, 0.2) is 36.5 Å². The summed E-state index contributed by atoms with van der Waals surface area (Å²) in [7, 11) is 0. The Morgan fingerprint density at radius 2 is 0.493 bits per heavy atom. The van der Waals surface area contributed by atoms with E-state index in [0.29, 0.717) is 19.3 Å². The van der Waals surface area contributed by atoms with Crippen molar-refractivity contribution >= 4 is 17.9 Å². The Bertz CT molecular complexity index is 1220. The van der Waals surface area contributed by atoms with Gasteiger partial charge in [-0.25, -0.2) is 0 Å². The molecule has 0 aliphatic heterocycles. The SMILES string of the molecule is CCCCCCC/C=C\C/C=C\C/C=C\CCCCCCCCCCCCCCCCC(=O)OCC(COC(=O)CCCCCCCC)OC(=O)CCCCCCCCCCCCCCCCCCCCCC. The van der Waals surface area contributed by atoms with E-state index in [9.17, 15) is 14.4 Å². The Kier molecular flexibility index (Phi) is 60.2. The van der Waals surface area contributed by atoms with Gasteiger partial charge < -0.3 is 14.2 Å². The fraction of sp³-hybridized carbons (Fsp3) is 0.866. The van der Waals surface area contributed by atoms with E-state index in [2.05, 4.69) is 57.2 Å². The summed E-state index contributed by atoms with van der Waals surface area (Å²) in [5, 5.41) is 0. The van der Waals surface area contributed by atoms with Gasteiger partial charge in [-0.2, -0.15) is 0 Å². The minimum atomic E-state index is -0.766. The Morgan fingerprint density at radius 3 is 0.767 bits per heavy atom. The molecule has 0 N–H and O–H groups in total. The van der Waals surface area contributed by atoms with E-state index in [1.165, 1.54) is 244 Å². The molecule has 73 heavy (non-hydrogen) atoms. The summed E-state index contributed by atoms with van der Waals surface area (Å²) in [5.41, 5.74) is 0. The van der Waals surface area contributed by atoms with Gasteiger partial charge >= 0.3 is 17.9 Å². The second-order valence-corrected chi connectivity index (χ2v) is 22.0. The van der Waals surface area contributed by atoms with Crippen LogP contribution < -0.4 is 0 Å². The van der Waals surface area contributed by atoms with E-state index < -0.39 is 6.10 Å². The molecule has 0 aliphatic carbocycles. The molecule has 0 saturated heterocycles. The standard InChI is InChI=1S/C67H124O6/c1-4-7-10-13-16-18-20-22-24-26-28-30-31-32-33-34-35-36-37-38-40-41-43-45-47-49-51-54-57-60-66(69)72-63-64(62-71-65(68)59-56-53-15-12-9-6-3)73-67(70)61-58-55-52-50-48-46-44-42-39-29-27-25-23-21-19-17-14-11-8-5-2/h20,22,26,28,31-32,64H,4-19,21,23-25,27,29-30,33-63H2,1-3H3/b22-20-,28-26-,32-31-. The number of carbonyl (C=O) groups excluding carboxylic acids is 3. The number of ether oxygens (including phenoxy) is 3. The first kappa shape index (κ1) is 70.6. The molecule has 0 saturated carbocycles. The third-order valence-corrected chi connectivity index (χ3v) is 14.6. The molecule has 0 aromatic carbocycles. The van der Waals surface area contributed by atoms with Crippen LogP contribution in [0.3, 0.4) is 0 Å². The van der Waals surface area contributed by atoms with E-state index in [-0.39, 0.29) is 31.1 Å². The third kappa shape index (κ3) is 60.4. The summed E-state index contributed by atoms with van der Waals surface area (Å²) in [6, 6.07) is 0. The second-order valence-electron chi connectivity index (χ2n) is 22.0. The maximum absolute atomic E-state index is 12.8. The monoisotopic (exact) mass is 1020 g/mol. The molecule has 0 spiro atoms. The van der Waals surface area contributed by atoms with Crippen molar-refractivity contribution in [3.63, 3.8) is 0 Å². The zero-order chi connectivity index (χ0) is 52.9. The number of hydrogen-bond acceptors (Lipinski definition) is 6. The predicted molar refractivity (Wildman–Crippen MR) is 316 cm³/mol. The van der Waals surface area contributed by atoms with Crippen molar-refractivity contribution in [2.45, 2.75) is 361 Å². The first-order chi connectivity index (χ1) is 36.0. The van der Waals surface area contributed by atoms with Crippen molar-refractivity contribution in [3.8, 4) is 0 Å². The molecule has 6 heteroatoms. The highest BCUT2D eigenvalue weighted by Crippen LogP contribution is 2.18.